The Hall–Kier alpha value is -2.94. The van der Waals surface area contributed by atoms with Crippen molar-refractivity contribution in [2.75, 3.05) is 0 Å². The van der Waals surface area contributed by atoms with Gasteiger partial charge in [0.05, 0.1) is 5.60 Å². The zero-order chi connectivity index (χ0) is 20.1. The molecule has 2 nitrogen and oxygen atoms in total. The van der Waals surface area contributed by atoms with Gasteiger partial charge in [-0.2, -0.15) is 0 Å². The van der Waals surface area contributed by atoms with E-state index in [4.69, 9.17) is 5.73 Å². The third kappa shape index (κ3) is 4.73. The molecule has 4 aromatic carbocycles. The summed E-state index contributed by atoms with van der Waals surface area (Å²) >= 11 is 0. The smallest absolute Gasteiger partial charge is 0.0881 e. The van der Waals surface area contributed by atoms with Crippen molar-refractivity contribution in [2.24, 2.45) is 5.73 Å². The Bertz CT molecular complexity index is 1020. The first kappa shape index (κ1) is 19.4. The van der Waals surface area contributed by atoms with E-state index >= 15 is 0 Å². The number of nitrogens with two attached hydrogens (primary N) is 1. The quantitative estimate of drug-likeness (QED) is 0.477. The first-order valence-electron chi connectivity index (χ1n) is 10.2. The van der Waals surface area contributed by atoms with Crippen LogP contribution in [0.3, 0.4) is 0 Å². The summed E-state index contributed by atoms with van der Waals surface area (Å²) in [5, 5.41) is 14.2. The van der Waals surface area contributed by atoms with Crippen LogP contribution in [0.5, 0.6) is 0 Å². The Morgan fingerprint density at radius 1 is 0.621 bits per heavy atom. The van der Waals surface area contributed by atoms with Gasteiger partial charge in [0.25, 0.3) is 0 Å². The number of hydrogen-bond donors (Lipinski definition) is 2. The van der Waals surface area contributed by atoms with Crippen LogP contribution in [0.15, 0.2) is 103 Å². The maximum atomic E-state index is 11.7. The van der Waals surface area contributed by atoms with Crippen molar-refractivity contribution in [3.05, 3.63) is 120 Å². The lowest BCUT2D eigenvalue weighted by atomic mass is 9.80. The first-order valence-corrected chi connectivity index (χ1v) is 10.2. The molecule has 0 radical (unpaired) electrons. The molecule has 1 unspecified atom stereocenters. The van der Waals surface area contributed by atoms with Gasteiger partial charge in [-0.25, -0.2) is 0 Å². The van der Waals surface area contributed by atoms with Crippen LogP contribution in [-0.4, -0.2) is 16.7 Å². The average Bonchev–Trinajstić information content (AvgIpc) is 2.75. The van der Waals surface area contributed by atoms with Crippen LogP contribution in [0, 0.1) is 0 Å². The van der Waals surface area contributed by atoms with Crippen LogP contribution >= 0.6 is 0 Å². The van der Waals surface area contributed by atoms with Gasteiger partial charge in [-0.15, -0.1) is 0 Å². The molecule has 0 fully saturated rings. The molecule has 1 atom stereocenters. The van der Waals surface area contributed by atoms with Crippen LogP contribution in [0.4, 0.5) is 0 Å². The lowest BCUT2D eigenvalue weighted by molar-refractivity contribution is 0.0145. The molecule has 0 bridgehead atoms. The van der Waals surface area contributed by atoms with E-state index in [1.54, 1.807) is 0 Å². The maximum Gasteiger partial charge on any atom is 0.0881 e. The molecule has 0 aliphatic heterocycles. The fraction of sp³-hybridized carbons (Fsp3) is 0.185. The number of rotatable bonds is 7. The molecule has 29 heavy (non-hydrogen) atoms. The van der Waals surface area contributed by atoms with Crippen LogP contribution in [0.2, 0.25) is 0 Å². The van der Waals surface area contributed by atoms with Crippen molar-refractivity contribution in [1.29, 1.82) is 0 Å². The van der Waals surface area contributed by atoms with Crippen LogP contribution in [0.25, 0.3) is 10.8 Å². The summed E-state index contributed by atoms with van der Waals surface area (Å²) in [5.41, 5.74) is 8.98. The average molecular weight is 382 g/mol. The molecule has 2 heteroatoms. The molecule has 0 saturated carbocycles. The molecular formula is C27H27NO. The van der Waals surface area contributed by atoms with Crippen molar-refractivity contribution in [1.82, 2.24) is 0 Å². The molecule has 4 rings (SSSR count). The van der Waals surface area contributed by atoms with Crippen molar-refractivity contribution >= 4 is 10.8 Å². The summed E-state index contributed by atoms with van der Waals surface area (Å²) in [4.78, 5) is 0. The second kappa shape index (κ2) is 8.60. The molecule has 0 aliphatic rings. The highest BCUT2D eigenvalue weighted by Crippen LogP contribution is 2.25. The Balaban J connectivity index is 1.61. The zero-order valence-corrected chi connectivity index (χ0v) is 16.5. The van der Waals surface area contributed by atoms with Crippen LogP contribution in [0.1, 0.15) is 16.7 Å². The fourth-order valence-corrected chi connectivity index (χ4v) is 4.03. The maximum absolute atomic E-state index is 11.7. The number of aliphatic hydroxyl groups is 1. The molecule has 0 aromatic heterocycles. The lowest BCUT2D eigenvalue weighted by Gasteiger charge is -2.35. The van der Waals surface area contributed by atoms with E-state index in [0.717, 1.165) is 16.7 Å². The summed E-state index contributed by atoms with van der Waals surface area (Å²) in [7, 11) is 0. The third-order valence-corrected chi connectivity index (χ3v) is 5.67. The minimum Gasteiger partial charge on any atom is -0.388 e. The van der Waals surface area contributed by atoms with Crippen molar-refractivity contribution in [3.8, 4) is 0 Å². The highest BCUT2D eigenvalue weighted by molar-refractivity contribution is 5.83. The zero-order valence-electron chi connectivity index (χ0n) is 16.5. The van der Waals surface area contributed by atoms with E-state index in [2.05, 4.69) is 54.6 Å². The molecular weight excluding hydrogens is 354 g/mol. The van der Waals surface area contributed by atoms with Gasteiger partial charge in [-0.05, 0) is 33.9 Å². The summed E-state index contributed by atoms with van der Waals surface area (Å²) in [6.45, 7) is 0. The van der Waals surface area contributed by atoms with E-state index in [0.29, 0.717) is 19.3 Å². The molecule has 0 spiro atoms. The minimum absolute atomic E-state index is 0.385. The summed E-state index contributed by atoms with van der Waals surface area (Å²) in [6.07, 6.45) is 1.68. The second-order valence-corrected chi connectivity index (χ2v) is 7.92. The van der Waals surface area contributed by atoms with E-state index in [1.807, 2.05) is 48.5 Å². The topological polar surface area (TPSA) is 46.2 Å². The number of benzene rings is 4. The van der Waals surface area contributed by atoms with Gasteiger partial charge < -0.3 is 10.8 Å². The van der Waals surface area contributed by atoms with E-state index in [9.17, 15) is 5.11 Å². The van der Waals surface area contributed by atoms with Crippen molar-refractivity contribution in [2.45, 2.75) is 30.9 Å². The van der Waals surface area contributed by atoms with Crippen LogP contribution in [-0.2, 0) is 19.3 Å². The van der Waals surface area contributed by atoms with Gasteiger partial charge in [-0.3, -0.25) is 0 Å². The minimum atomic E-state index is -1.03. The molecule has 146 valence electrons. The highest BCUT2D eigenvalue weighted by atomic mass is 16.3. The largest absolute Gasteiger partial charge is 0.388 e. The fourth-order valence-electron chi connectivity index (χ4n) is 4.03. The molecule has 0 heterocycles. The van der Waals surface area contributed by atoms with E-state index in [1.165, 1.54) is 10.8 Å². The summed E-state index contributed by atoms with van der Waals surface area (Å²) in [6, 6.07) is 34.6. The van der Waals surface area contributed by atoms with Gasteiger partial charge in [0.1, 0.15) is 0 Å². The van der Waals surface area contributed by atoms with Gasteiger partial charge in [0.2, 0.25) is 0 Å². The Kier molecular flexibility index (Phi) is 5.75. The van der Waals surface area contributed by atoms with E-state index < -0.39 is 5.60 Å². The number of fused-ring (bicyclic) bond motifs is 1. The predicted molar refractivity (Wildman–Crippen MR) is 121 cm³/mol. The van der Waals surface area contributed by atoms with Gasteiger partial charge in [0.15, 0.2) is 0 Å². The Morgan fingerprint density at radius 2 is 1.14 bits per heavy atom. The SMILES string of the molecule is NC(Cc1ccc2ccccc2c1)C(O)(Cc1ccccc1)Cc1ccccc1. The normalized spacial score (nSPS) is 12.8. The van der Waals surface area contributed by atoms with Crippen molar-refractivity contribution < 1.29 is 5.11 Å². The highest BCUT2D eigenvalue weighted by Gasteiger charge is 2.35. The Labute approximate surface area is 172 Å². The molecule has 0 aliphatic carbocycles. The monoisotopic (exact) mass is 381 g/mol. The molecule has 3 N–H and O–H groups in total. The molecule has 0 saturated heterocycles. The van der Waals surface area contributed by atoms with Crippen LogP contribution < -0.4 is 5.73 Å². The van der Waals surface area contributed by atoms with Crippen molar-refractivity contribution in [3.63, 3.8) is 0 Å². The van der Waals surface area contributed by atoms with E-state index in [-0.39, 0.29) is 6.04 Å². The molecule has 4 aromatic rings. The lowest BCUT2D eigenvalue weighted by Crippen LogP contribution is -2.52. The predicted octanol–water partition coefficient (Wildman–Crippen LogP) is 4.93. The Morgan fingerprint density at radius 3 is 1.72 bits per heavy atom. The standard InChI is InChI=1S/C27H27NO/c28-26(18-23-15-16-24-13-7-8-14-25(24)17-23)27(29,19-21-9-3-1-4-10-21)20-22-11-5-2-6-12-22/h1-17,26,29H,18-20,28H2. The third-order valence-electron chi connectivity index (χ3n) is 5.67. The number of hydrogen-bond acceptors (Lipinski definition) is 2. The first-order chi connectivity index (χ1) is 14.1. The molecule has 0 amide bonds. The van der Waals surface area contributed by atoms with Gasteiger partial charge in [-0.1, -0.05) is 103 Å². The van der Waals surface area contributed by atoms with Gasteiger partial charge >= 0.3 is 0 Å². The summed E-state index contributed by atoms with van der Waals surface area (Å²) in [5.74, 6) is 0. The van der Waals surface area contributed by atoms with Gasteiger partial charge in [0, 0.05) is 18.9 Å². The summed E-state index contributed by atoms with van der Waals surface area (Å²) < 4.78 is 0. The second-order valence-electron chi connectivity index (χ2n) is 7.92.